The van der Waals surface area contributed by atoms with Crippen LogP contribution in [0, 0.1) is 0 Å². The Kier molecular flexibility index (Phi) is 3.79. The molecule has 0 aliphatic heterocycles. The quantitative estimate of drug-likeness (QED) is 0.597. The first kappa shape index (κ1) is 13.6. The van der Waals surface area contributed by atoms with Crippen molar-refractivity contribution >= 4 is 51.4 Å². The van der Waals surface area contributed by atoms with Crippen LogP contribution in [-0.2, 0) is 0 Å². The lowest BCUT2D eigenvalue weighted by atomic mass is 10.1. The minimum absolute atomic E-state index is 0.479. The van der Waals surface area contributed by atoms with Crippen LogP contribution in [0.25, 0.3) is 10.8 Å². The molecule has 0 aliphatic carbocycles. The number of nitrogens with two attached hydrogens (primary N) is 1. The van der Waals surface area contributed by atoms with Gasteiger partial charge in [0.25, 0.3) is 0 Å². The largest absolute Gasteiger partial charge is 0.398 e. The van der Waals surface area contributed by atoms with Gasteiger partial charge < -0.3 is 5.73 Å². The molecule has 3 aromatic rings. The van der Waals surface area contributed by atoms with Crippen LogP contribution in [0.3, 0.4) is 0 Å². The molecule has 0 radical (unpaired) electrons. The molecule has 0 saturated carbocycles. The van der Waals surface area contributed by atoms with Crippen molar-refractivity contribution in [3.63, 3.8) is 0 Å². The number of hydrogen-bond donors (Lipinski definition) is 1. The molecule has 0 aliphatic rings. The Labute approximate surface area is 131 Å². The highest BCUT2D eigenvalue weighted by atomic mass is 35.5. The van der Waals surface area contributed by atoms with Gasteiger partial charge >= 0.3 is 0 Å². The van der Waals surface area contributed by atoms with Gasteiger partial charge in [-0.15, -0.1) is 0 Å². The molecule has 0 unspecified atom stereocenters. The summed E-state index contributed by atoms with van der Waals surface area (Å²) in [5.74, 6) is 0. The zero-order valence-electron chi connectivity index (χ0n) is 10.4. The molecule has 2 N–H and O–H groups in total. The van der Waals surface area contributed by atoms with E-state index in [4.69, 9.17) is 28.9 Å². The van der Waals surface area contributed by atoms with Crippen molar-refractivity contribution in [3.8, 4) is 0 Å². The molecule has 3 rings (SSSR count). The van der Waals surface area contributed by atoms with E-state index in [2.05, 4.69) is 30.3 Å². The SMILES string of the molecule is Nc1cc(Cl)c(Cl)cc1Sc1ccc2ccccc2c1. The monoisotopic (exact) mass is 319 g/mol. The summed E-state index contributed by atoms with van der Waals surface area (Å²) in [6.45, 7) is 0. The Morgan fingerprint density at radius 3 is 2.30 bits per heavy atom. The van der Waals surface area contributed by atoms with Crippen molar-refractivity contribution in [2.45, 2.75) is 9.79 Å². The molecular formula is C16H11Cl2NS. The van der Waals surface area contributed by atoms with Crippen molar-refractivity contribution in [2.75, 3.05) is 5.73 Å². The van der Waals surface area contributed by atoms with Gasteiger partial charge in [-0.25, -0.2) is 0 Å². The summed E-state index contributed by atoms with van der Waals surface area (Å²) < 4.78 is 0. The Balaban J connectivity index is 1.99. The van der Waals surface area contributed by atoms with Crippen LogP contribution in [0.4, 0.5) is 5.69 Å². The highest BCUT2D eigenvalue weighted by Crippen LogP contribution is 2.37. The Morgan fingerprint density at radius 1 is 0.800 bits per heavy atom. The fraction of sp³-hybridized carbons (Fsp3) is 0. The molecule has 0 fully saturated rings. The third-order valence-corrected chi connectivity index (χ3v) is 4.79. The maximum Gasteiger partial charge on any atom is 0.0613 e. The van der Waals surface area contributed by atoms with E-state index < -0.39 is 0 Å². The second-order valence-corrected chi connectivity index (χ2v) is 6.34. The molecule has 0 spiro atoms. The fourth-order valence-corrected chi connectivity index (χ4v) is 3.32. The van der Waals surface area contributed by atoms with Gasteiger partial charge in [-0.3, -0.25) is 0 Å². The van der Waals surface area contributed by atoms with Crippen LogP contribution < -0.4 is 5.73 Å². The lowest BCUT2D eigenvalue weighted by Crippen LogP contribution is -1.89. The first-order chi connectivity index (χ1) is 9.63. The number of anilines is 1. The van der Waals surface area contributed by atoms with E-state index in [0.29, 0.717) is 15.7 Å². The van der Waals surface area contributed by atoms with Crippen LogP contribution in [0.15, 0.2) is 64.4 Å². The van der Waals surface area contributed by atoms with Crippen molar-refractivity contribution in [3.05, 3.63) is 64.6 Å². The summed E-state index contributed by atoms with van der Waals surface area (Å²) >= 11 is 13.6. The average Bonchev–Trinajstić information content (AvgIpc) is 2.44. The normalized spacial score (nSPS) is 10.9. The van der Waals surface area contributed by atoms with Gasteiger partial charge in [-0.05, 0) is 35.0 Å². The lowest BCUT2D eigenvalue weighted by Gasteiger charge is -2.08. The predicted molar refractivity (Wildman–Crippen MR) is 88.9 cm³/mol. The molecule has 0 aromatic heterocycles. The standard InChI is InChI=1S/C16H11Cl2NS/c17-13-8-15(19)16(9-14(13)18)20-12-6-5-10-3-1-2-4-11(10)7-12/h1-9H,19H2. The van der Waals surface area contributed by atoms with E-state index in [1.165, 1.54) is 10.8 Å². The van der Waals surface area contributed by atoms with Gasteiger partial charge in [-0.1, -0.05) is 65.3 Å². The maximum absolute atomic E-state index is 6.05. The highest BCUT2D eigenvalue weighted by Gasteiger charge is 2.07. The first-order valence-corrected chi connectivity index (χ1v) is 7.62. The zero-order chi connectivity index (χ0) is 14.1. The van der Waals surface area contributed by atoms with Crippen molar-refractivity contribution in [1.82, 2.24) is 0 Å². The van der Waals surface area contributed by atoms with Crippen molar-refractivity contribution in [1.29, 1.82) is 0 Å². The molecule has 1 nitrogen and oxygen atoms in total. The third-order valence-electron chi connectivity index (χ3n) is 3.00. The van der Waals surface area contributed by atoms with Crippen LogP contribution in [0.1, 0.15) is 0 Å². The average molecular weight is 320 g/mol. The molecule has 4 heteroatoms. The number of hydrogen-bond acceptors (Lipinski definition) is 2. The van der Waals surface area contributed by atoms with E-state index in [1.54, 1.807) is 23.9 Å². The third kappa shape index (κ3) is 2.73. The van der Waals surface area contributed by atoms with Gasteiger partial charge in [0.2, 0.25) is 0 Å². The highest BCUT2D eigenvalue weighted by molar-refractivity contribution is 7.99. The smallest absolute Gasteiger partial charge is 0.0613 e. The zero-order valence-corrected chi connectivity index (χ0v) is 12.8. The maximum atomic E-state index is 6.05. The van der Waals surface area contributed by atoms with E-state index in [9.17, 15) is 0 Å². The molecule has 3 aromatic carbocycles. The molecule has 100 valence electrons. The first-order valence-electron chi connectivity index (χ1n) is 6.04. The van der Waals surface area contributed by atoms with Gasteiger partial charge in [0, 0.05) is 15.5 Å². The van der Waals surface area contributed by atoms with Crippen LogP contribution in [0.2, 0.25) is 10.0 Å². The molecule has 0 atom stereocenters. The van der Waals surface area contributed by atoms with E-state index in [0.717, 1.165) is 9.79 Å². The van der Waals surface area contributed by atoms with E-state index >= 15 is 0 Å². The van der Waals surface area contributed by atoms with Gasteiger partial charge in [0.15, 0.2) is 0 Å². The second-order valence-electron chi connectivity index (χ2n) is 4.42. The van der Waals surface area contributed by atoms with E-state index in [1.807, 2.05) is 12.1 Å². The topological polar surface area (TPSA) is 26.0 Å². The molecule has 0 amide bonds. The van der Waals surface area contributed by atoms with Crippen LogP contribution >= 0.6 is 35.0 Å². The summed E-state index contributed by atoms with van der Waals surface area (Å²) in [6.07, 6.45) is 0. The summed E-state index contributed by atoms with van der Waals surface area (Å²) in [6, 6.07) is 18.1. The summed E-state index contributed by atoms with van der Waals surface area (Å²) in [5.41, 5.74) is 6.62. The van der Waals surface area contributed by atoms with Gasteiger partial charge in [0.1, 0.15) is 0 Å². The number of fused-ring (bicyclic) bond motifs is 1. The summed E-state index contributed by atoms with van der Waals surface area (Å²) in [4.78, 5) is 2.03. The number of nitrogen functional groups attached to an aromatic ring is 1. The molecule has 0 heterocycles. The second kappa shape index (κ2) is 5.57. The van der Waals surface area contributed by atoms with Crippen LogP contribution in [0.5, 0.6) is 0 Å². The number of rotatable bonds is 2. The summed E-state index contributed by atoms with van der Waals surface area (Å²) in [5, 5.41) is 3.42. The Hall–Kier alpha value is -1.35. The summed E-state index contributed by atoms with van der Waals surface area (Å²) in [7, 11) is 0. The van der Waals surface area contributed by atoms with Gasteiger partial charge in [-0.2, -0.15) is 0 Å². The Morgan fingerprint density at radius 2 is 1.50 bits per heavy atom. The minimum atomic E-state index is 0.479. The van der Waals surface area contributed by atoms with Gasteiger partial charge in [0.05, 0.1) is 10.0 Å². The van der Waals surface area contributed by atoms with Crippen molar-refractivity contribution in [2.24, 2.45) is 0 Å². The van der Waals surface area contributed by atoms with Crippen LogP contribution in [-0.4, -0.2) is 0 Å². The van der Waals surface area contributed by atoms with E-state index in [-0.39, 0.29) is 0 Å². The molecule has 0 bridgehead atoms. The fourth-order valence-electron chi connectivity index (χ4n) is 1.99. The van der Waals surface area contributed by atoms with Crippen molar-refractivity contribution < 1.29 is 0 Å². The minimum Gasteiger partial charge on any atom is -0.398 e. The number of halogens is 2. The molecule has 20 heavy (non-hydrogen) atoms. The number of benzene rings is 3. The lowest BCUT2D eigenvalue weighted by molar-refractivity contribution is 1.42. The Bertz CT molecular complexity index is 787. The predicted octanol–water partition coefficient (Wildman–Crippen LogP) is 5.88. The molecule has 0 saturated heterocycles. The molecular weight excluding hydrogens is 309 g/mol.